The summed E-state index contributed by atoms with van der Waals surface area (Å²) < 4.78 is 15.2. The summed E-state index contributed by atoms with van der Waals surface area (Å²) in [6.45, 7) is 4.42. The maximum Gasteiger partial charge on any atom is 0.254 e. The van der Waals surface area contributed by atoms with Crippen LogP contribution in [0, 0.1) is 25.6 Å². The third-order valence-electron chi connectivity index (χ3n) is 6.50. The van der Waals surface area contributed by atoms with Crippen LogP contribution in [0.5, 0.6) is 0 Å². The third-order valence-corrected chi connectivity index (χ3v) is 6.50. The zero-order valence-corrected chi connectivity index (χ0v) is 20.9. The molecule has 3 aromatic carbocycles. The number of nitrogens with zero attached hydrogens (tertiary/aromatic N) is 3. The zero-order chi connectivity index (χ0) is 25.9. The van der Waals surface area contributed by atoms with Gasteiger partial charge in [-0.2, -0.15) is 0 Å². The molecule has 1 fully saturated rings. The molecule has 37 heavy (non-hydrogen) atoms. The van der Waals surface area contributed by atoms with Gasteiger partial charge in [-0.15, -0.1) is 0 Å². The van der Waals surface area contributed by atoms with Gasteiger partial charge < -0.3 is 4.90 Å². The van der Waals surface area contributed by atoms with E-state index < -0.39 is 5.82 Å². The number of halogens is 1. The Morgan fingerprint density at radius 3 is 2.19 bits per heavy atom. The van der Waals surface area contributed by atoms with Gasteiger partial charge in [0.2, 0.25) is 11.9 Å². The Morgan fingerprint density at radius 1 is 0.946 bits per heavy atom. The van der Waals surface area contributed by atoms with Crippen LogP contribution in [0.15, 0.2) is 79.0 Å². The number of carbonyl (C=O) groups excluding carboxylic acids is 2. The van der Waals surface area contributed by atoms with E-state index in [-0.39, 0.29) is 18.4 Å². The van der Waals surface area contributed by atoms with Crippen LogP contribution in [0.25, 0.3) is 16.9 Å². The number of rotatable bonds is 8. The molecule has 188 valence electrons. The summed E-state index contributed by atoms with van der Waals surface area (Å²) in [5.41, 5.74) is 5.17. The molecule has 0 aliphatic heterocycles. The van der Waals surface area contributed by atoms with Crippen molar-refractivity contribution in [3.63, 3.8) is 0 Å². The molecular formula is C30H29FN4O2. The summed E-state index contributed by atoms with van der Waals surface area (Å²) in [5.74, 6) is -0.268. The predicted octanol–water partition coefficient (Wildman–Crippen LogP) is 5.79. The van der Waals surface area contributed by atoms with Gasteiger partial charge in [0.25, 0.3) is 5.91 Å². The minimum Gasteiger partial charge on any atom is -0.329 e. The molecular weight excluding hydrogens is 467 g/mol. The molecule has 0 saturated heterocycles. The second-order valence-corrected chi connectivity index (χ2v) is 9.71. The first-order valence-electron chi connectivity index (χ1n) is 12.4. The summed E-state index contributed by atoms with van der Waals surface area (Å²) in [7, 11) is 0. The molecule has 0 unspecified atom stereocenters. The molecule has 4 aromatic rings. The van der Waals surface area contributed by atoms with Crippen molar-refractivity contribution in [1.29, 1.82) is 0 Å². The number of carbonyl (C=O) groups is 2. The average Bonchev–Trinajstić information content (AvgIpc) is 3.62. The number of aryl methyl sites for hydroxylation is 2. The van der Waals surface area contributed by atoms with Gasteiger partial charge >= 0.3 is 0 Å². The molecule has 0 bridgehead atoms. The Hall–Kier alpha value is -4.26. The molecule has 0 spiro atoms. The number of amides is 2. The maximum absolute atomic E-state index is 13.4. The van der Waals surface area contributed by atoms with E-state index >= 15 is 0 Å². The second-order valence-electron chi connectivity index (χ2n) is 9.71. The number of hydrogen-bond acceptors (Lipinski definition) is 3. The van der Waals surface area contributed by atoms with Crippen molar-refractivity contribution in [2.75, 3.05) is 18.4 Å². The van der Waals surface area contributed by atoms with E-state index in [1.807, 2.05) is 73.1 Å². The number of imidazole rings is 1. The van der Waals surface area contributed by atoms with Gasteiger partial charge in [-0.3, -0.25) is 19.5 Å². The molecule has 1 aliphatic carbocycles. The van der Waals surface area contributed by atoms with Gasteiger partial charge in [-0.05, 0) is 69.0 Å². The van der Waals surface area contributed by atoms with Crippen LogP contribution in [0.4, 0.5) is 10.3 Å². The fourth-order valence-electron chi connectivity index (χ4n) is 4.18. The molecule has 2 amide bonds. The molecule has 1 aliphatic rings. The fraction of sp³-hybridized carbons (Fsp3) is 0.233. The summed E-state index contributed by atoms with van der Waals surface area (Å²) in [6.07, 6.45) is 3.97. The van der Waals surface area contributed by atoms with Gasteiger partial charge in [0.05, 0.1) is 5.69 Å². The molecule has 1 heterocycles. The Kier molecular flexibility index (Phi) is 6.86. The molecule has 1 aromatic heterocycles. The number of aromatic nitrogens is 2. The van der Waals surface area contributed by atoms with Crippen LogP contribution < -0.4 is 5.32 Å². The molecule has 5 rings (SSSR count). The minimum atomic E-state index is -0.407. The van der Waals surface area contributed by atoms with Gasteiger partial charge in [-0.25, -0.2) is 9.37 Å². The monoisotopic (exact) mass is 496 g/mol. The van der Waals surface area contributed by atoms with E-state index in [2.05, 4.69) is 5.32 Å². The summed E-state index contributed by atoms with van der Waals surface area (Å²) >= 11 is 0. The zero-order valence-electron chi connectivity index (χ0n) is 20.9. The van der Waals surface area contributed by atoms with Crippen molar-refractivity contribution in [2.45, 2.75) is 26.7 Å². The highest BCUT2D eigenvalue weighted by atomic mass is 19.1. The first-order valence-corrected chi connectivity index (χ1v) is 12.4. The van der Waals surface area contributed by atoms with E-state index in [1.165, 1.54) is 24.3 Å². The predicted molar refractivity (Wildman–Crippen MR) is 142 cm³/mol. The lowest BCUT2D eigenvalue weighted by Crippen LogP contribution is -2.39. The van der Waals surface area contributed by atoms with Crippen LogP contribution >= 0.6 is 0 Å². The lowest BCUT2D eigenvalue weighted by Gasteiger charge is -2.22. The van der Waals surface area contributed by atoms with Crippen molar-refractivity contribution in [2.24, 2.45) is 5.92 Å². The summed E-state index contributed by atoms with van der Waals surface area (Å²) in [6, 6.07) is 21.4. The van der Waals surface area contributed by atoms with Crippen LogP contribution in [0.3, 0.4) is 0 Å². The molecule has 0 atom stereocenters. The topological polar surface area (TPSA) is 67.2 Å². The highest BCUT2D eigenvalue weighted by Gasteiger charge is 2.29. The van der Waals surface area contributed by atoms with Crippen molar-refractivity contribution >= 4 is 17.8 Å². The van der Waals surface area contributed by atoms with Gasteiger partial charge in [-0.1, -0.05) is 47.5 Å². The normalized spacial score (nSPS) is 12.8. The van der Waals surface area contributed by atoms with Gasteiger partial charge in [0.1, 0.15) is 12.4 Å². The molecule has 1 saturated carbocycles. The molecule has 6 nitrogen and oxygen atoms in total. The molecule has 1 N–H and O–H groups in total. The third kappa shape index (κ3) is 5.94. The van der Waals surface area contributed by atoms with Crippen LogP contribution in [-0.2, 0) is 4.79 Å². The van der Waals surface area contributed by atoms with E-state index in [1.54, 1.807) is 4.90 Å². The van der Waals surface area contributed by atoms with Crippen molar-refractivity contribution in [1.82, 2.24) is 14.5 Å². The van der Waals surface area contributed by atoms with Gasteiger partial charge in [0.15, 0.2) is 0 Å². The highest BCUT2D eigenvalue weighted by molar-refractivity contribution is 5.99. The lowest BCUT2D eigenvalue weighted by molar-refractivity contribution is -0.117. The standard InChI is InChI=1S/C30H29FN4O2/c1-20-3-9-23(10-4-20)27-18-35(26-15-5-21(2)6-16-26)30(32-27)33-28(36)19-34(17-22-7-8-22)29(37)24-11-13-25(31)14-12-24/h3-6,9-16,18,22H,7-8,17,19H2,1-2H3,(H,32,33,36). The number of hydrogen-bond donors (Lipinski definition) is 1. The fourth-order valence-corrected chi connectivity index (χ4v) is 4.18. The Morgan fingerprint density at radius 2 is 1.57 bits per heavy atom. The summed E-state index contributed by atoms with van der Waals surface area (Å²) in [4.78, 5) is 32.6. The number of anilines is 1. The van der Waals surface area contributed by atoms with Crippen LogP contribution in [-0.4, -0.2) is 39.4 Å². The number of nitrogens with one attached hydrogen (secondary N) is 1. The first-order chi connectivity index (χ1) is 17.9. The van der Waals surface area contributed by atoms with E-state index in [4.69, 9.17) is 4.98 Å². The first kappa shape index (κ1) is 24.4. The summed E-state index contributed by atoms with van der Waals surface area (Å²) in [5, 5.41) is 2.92. The highest BCUT2D eigenvalue weighted by Crippen LogP contribution is 2.30. The van der Waals surface area contributed by atoms with E-state index in [0.717, 1.165) is 40.9 Å². The SMILES string of the molecule is Cc1ccc(-c2cn(-c3ccc(C)cc3)c(NC(=O)CN(CC3CC3)C(=O)c3ccc(F)cc3)n2)cc1. The lowest BCUT2D eigenvalue weighted by atomic mass is 10.1. The second kappa shape index (κ2) is 10.4. The van der Waals surface area contributed by atoms with Crippen molar-refractivity contribution in [3.8, 4) is 16.9 Å². The van der Waals surface area contributed by atoms with Crippen LogP contribution in [0.1, 0.15) is 34.3 Å². The Bertz CT molecular complexity index is 1410. The average molecular weight is 497 g/mol. The van der Waals surface area contributed by atoms with E-state index in [0.29, 0.717) is 24.0 Å². The maximum atomic E-state index is 13.4. The van der Waals surface area contributed by atoms with Gasteiger partial charge in [0, 0.05) is 29.6 Å². The van der Waals surface area contributed by atoms with E-state index in [9.17, 15) is 14.0 Å². The van der Waals surface area contributed by atoms with Crippen LogP contribution in [0.2, 0.25) is 0 Å². The largest absolute Gasteiger partial charge is 0.329 e. The smallest absolute Gasteiger partial charge is 0.254 e. The molecule has 0 radical (unpaired) electrons. The number of benzene rings is 3. The minimum absolute atomic E-state index is 0.118. The Labute approximate surface area is 215 Å². The Balaban J connectivity index is 1.40. The molecule has 7 heteroatoms. The van der Waals surface area contributed by atoms with Crippen molar-refractivity contribution < 1.29 is 14.0 Å². The quantitative estimate of drug-likeness (QED) is 0.336. The van der Waals surface area contributed by atoms with Crippen molar-refractivity contribution in [3.05, 3.63) is 102 Å².